The number of anilines is 1. The highest BCUT2D eigenvalue weighted by atomic mass is 35.5. The van der Waals surface area contributed by atoms with Crippen molar-refractivity contribution in [3.63, 3.8) is 0 Å². The summed E-state index contributed by atoms with van der Waals surface area (Å²) in [4.78, 5) is 28.9. The molecule has 1 aromatic carbocycles. The SMILES string of the molecule is Cn1ncc(Cl)c1C(=O)N1CCCC2(C1)CN(c1ccccc1)C(=O)CO2. The summed E-state index contributed by atoms with van der Waals surface area (Å²) in [5.74, 6) is -0.226. The van der Waals surface area contributed by atoms with E-state index < -0.39 is 5.60 Å². The molecule has 27 heavy (non-hydrogen) atoms. The molecule has 1 aromatic heterocycles. The molecule has 2 aliphatic rings. The first-order valence-electron chi connectivity index (χ1n) is 8.95. The first-order valence-corrected chi connectivity index (χ1v) is 9.33. The van der Waals surface area contributed by atoms with Crippen LogP contribution >= 0.6 is 11.6 Å². The lowest BCUT2D eigenvalue weighted by Crippen LogP contribution is -2.62. The second-order valence-electron chi connectivity index (χ2n) is 7.08. The number of ether oxygens (including phenoxy) is 1. The molecule has 0 aliphatic carbocycles. The van der Waals surface area contributed by atoms with Gasteiger partial charge in [-0.15, -0.1) is 0 Å². The average Bonchev–Trinajstić information content (AvgIpc) is 3.02. The summed E-state index contributed by atoms with van der Waals surface area (Å²) in [5, 5.41) is 4.39. The van der Waals surface area contributed by atoms with Crippen LogP contribution in [-0.4, -0.2) is 58.3 Å². The number of carbonyl (C=O) groups is 2. The van der Waals surface area contributed by atoms with E-state index in [4.69, 9.17) is 16.3 Å². The Balaban J connectivity index is 1.56. The molecule has 2 saturated heterocycles. The van der Waals surface area contributed by atoms with Crippen LogP contribution in [0, 0.1) is 0 Å². The van der Waals surface area contributed by atoms with E-state index in [2.05, 4.69) is 5.10 Å². The third kappa shape index (κ3) is 3.33. The third-order valence-corrected chi connectivity index (χ3v) is 5.52. The van der Waals surface area contributed by atoms with Crippen molar-refractivity contribution in [3.8, 4) is 0 Å². The molecular weight excluding hydrogens is 368 g/mol. The number of rotatable bonds is 2. The minimum absolute atomic E-state index is 0.0173. The number of amides is 2. The van der Waals surface area contributed by atoms with Gasteiger partial charge in [-0.2, -0.15) is 5.10 Å². The van der Waals surface area contributed by atoms with E-state index in [0.29, 0.717) is 30.4 Å². The first kappa shape index (κ1) is 18.0. The number of hydrogen-bond donors (Lipinski definition) is 0. The average molecular weight is 389 g/mol. The maximum Gasteiger partial charge on any atom is 0.273 e. The summed E-state index contributed by atoms with van der Waals surface area (Å²) in [6.07, 6.45) is 3.08. The summed E-state index contributed by atoms with van der Waals surface area (Å²) in [7, 11) is 1.70. The first-order chi connectivity index (χ1) is 13.0. The van der Waals surface area contributed by atoms with Crippen molar-refractivity contribution >= 4 is 29.1 Å². The van der Waals surface area contributed by atoms with E-state index in [-0.39, 0.29) is 18.4 Å². The minimum Gasteiger partial charge on any atom is -0.361 e. The molecule has 3 heterocycles. The standard InChI is InChI=1S/C19H21ClN4O3/c1-22-17(15(20)10-21-22)18(26)23-9-5-8-19(12-23)13-24(16(25)11-27-19)14-6-3-2-4-7-14/h2-4,6-7,10H,5,8-9,11-13H2,1H3. The highest BCUT2D eigenvalue weighted by Crippen LogP contribution is 2.32. The van der Waals surface area contributed by atoms with Gasteiger partial charge in [0.25, 0.3) is 11.8 Å². The van der Waals surface area contributed by atoms with Crippen molar-refractivity contribution in [2.45, 2.75) is 18.4 Å². The fourth-order valence-electron chi connectivity index (χ4n) is 3.88. The maximum atomic E-state index is 13.0. The van der Waals surface area contributed by atoms with Gasteiger partial charge in [0.2, 0.25) is 0 Å². The van der Waals surface area contributed by atoms with Crippen LogP contribution in [0.4, 0.5) is 5.69 Å². The molecule has 142 valence electrons. The normalized spacial score (nSPS) is 23.1. The number of aryl methyl sites for hydroxylation is 1. The second kappa shape index (κ2) is 6.98. The largest absolute Gasteiger partial charge is 0.361 e. The summed E-state index contributed by atoms with van der Waals surface area (Å²) in [6, 6.07) is 9.57. The van der Waals surface area contributed by atoms with Crippen molar-refractivity contribution in [2.24, 2.45) is 7.05 Å². The molecule has 0 radical (unpaired) electrons. The molecule has 1 atom stereocenters. The number of morpholine rings is 1. The van der Waals surface area contributed by atoms with Gasteiger partial charge < -0.3 is 14.5 Å². The van der Waals surface area contributed by atoms with Crippen LogP contribution in [0.3, 0.4) is 0 Å². The van der Waals surface area contributed by atoms with E-state index in [0.717, 1.165) is 18.5 Å². The van der Waals surface area contributed by atoms with Gasteiger partial charge in [-0.1, -0.05) is 29.8 Å². The number of hydrogen-bond acceptors (Lipinski definition) is 4. The predicted octanol–water partition coefficient (Wildman–Crippen LogP) is 2.11. The van der Waals surface area contributed by atoms with Crippen LogP contribution in [0.5, 0.6) is 0 Å². The Hall–Kier alpha value is -2.38. The quantitative estimate of drug-likeness (QED) is 0.790. The topological polar surface area (TPSA) is 67.7 Å². The zero-order valence-corrected chi connectivity index (χ0v) is 15.9. The summed E-state index contributed by atoms with van der Waals surface area (Å²) in [5.41, 5.74) is 0.659. The van der Waals surface area contributed by atoms with Gasteiger partial charge in [0, 0.05) is 19.3 Å². The van der Waals surface area contributed by atoms with Crippen LogP contribution in [0.1, 0.15) is 23.3 Å². The molecule has 0 bridgehead atoms. The van der Waals surface area contributed by atoms with E-state index in [1.165, 1.54) is 10.9 Å². The van der Waals surface area contributed by atoms with Crippen molar-refractivity contribution in [2.75, 3.05) is 31.1 Å². The van der Waals surface area contributed by atoms with Crippen molar-refractivity contribution in [1.29, 1.82) is 0 Å². The maximum absolute atomic E-state index is 13.0. The summed E-state index contributed by atoms with van der Waals surface area (Å²) in [6.45, 7) is 1.50. The van der Waals surface area contributed by atoms with Gasteiger partial charge in [0.15, 0.2) is 0 Å². The summed E-state index contributed by atoms with van der Waals surface area (Å²) < 4.78 is 7.48. The van der Waals surface area contributed by atoms with Crippen LogP contribution < -0.4 is 4.90 Å². The molecule has 0 N–H and O–H groups in total. The molecule has 7 nitrogen and oxygen atoms in total. The highest BCUT2D eigenvalue weighted by molar-refractivity contribution is 6.33. The van der Waals surface area contributed by atoms with Gasteiger partial charge in [0.1, 0.15) is 17.9 Å². The molecule has 2 amide bonds. The Morgan fingerprint density at radius 2 is 2.04 bits per heavy atom. The fraction of sp³-hybridized carbons (Fsp3) is 0.421. The fourth-order valence-corrected chi connectivity index (χ4v) is 4.12. The van der Waals surface area contributed by atoms with E-state index >= 15 is 0 Å². The zero-order chi connectivity index (χ0) is 19.0. The summed E-state index contributed by atoms with van der Waals surface area (Å²) >= 11 is 6.14. The van der Waals surface area contributed by atoms with Crippen molar-refractivity contribution in [3.05, 3.63) is 47.2 Å². The van der Waals surface area contributed by atoms with Crippen LogP contribution in [0.25, 0.3) is 0 Å². The molecule has 8 heteroatoms. The highest BCUT2D eigenvalue weighted by Gasteiger charge is 2.45. The van der Waals surface area contributed by atoms with Gasteiger partial charge in [-0.05, 0) is 25.0 Å². The number of nitrogens with zero attached hydrogens (tertiary/aromatic N) is 4. The van der Waals surface area contributed by atoms with E-state index in [9.17, 15) is 9.59 Å². The minimum atomic E-state index is -0.567. The lowest BCUT2D eigenvalue weighted by molar-refractivity contribution is -0.144. The Labute approximate surface area is 162 Å². The Bertz CT molecular complexity index is 850. The smallest absolute Gasteiger partial charge is 0.273 e. The molecule has 2 aliphatic heterocycles. The molecule has 0 saturated carbocycles. The van der Waals surface area contributed by atoms with Gasteiger partial charge in [-0.25, -0.2) is 0 Å². The number of piperidine rings is 1. The number of carbonyl (C=O) groups excluding carboxylic acids is 2. The Morgan fingerprint density at radius 1 is 1.26 bits per heavy atom. The molecule has 2 fully saturated rings. The predicted molar refractivity (Wildman–Crippen MR) is 101 cm³/mol. The van der Waals surface area contributed by atoms with E-state index in [1.807, 2.05) is 30.3 Å². The molecule has 4 rings (SSSR count). The van der Waals surface area contributed by atoms with Gasteiger partial charge >= 0.3 is 0 Å². The van der Waals surface area contributed by atoms with Crippen LogP contribution in [0.15, 0.2) is 36.5 Å². The van der Waals surface area contributed by atoms with Crippen molar-refractivity contribution < 1.29 is 14.3 Å². The monoisotopic (exact) mass is 388 g/mol. The number of likely N-dealkylation sites (tertiary alicyclic amines) is 1. The lowest BCUT2D eigenvalue weighted by Gasteiger charge is -2.47. The molecule has 1 unspecified atom stereocenters. The zero-order valence-electron chi connectivity index (χ0n) is 15.1. The van der Waals surface area contributed by atoms with Crippen LogP contribution in [-0.2, 0) is 16.6 Å². The lowest BCUT2D eigenvalue weighted by atomic mass is 9.90. The second-order valence-corrected chi connectivity index (χ2v) is 7.49. The molecule has 2 aromatic rings. The Kier molecular flexibility index (Phi) is 4.65. The third-order valence-electron chi connectivity index (χ3n) is 5.24. The van der Waals surface area contributed by atoms with Crippen molar-refractivity contribution in [1.82, 2.24) is 14.7 Å². The number of para-hydroxylation sites is 1. The number of halogens is 1. The Morgan fingerprint density at radius 3 is 2.74 bits per heavy atom. The van der Waals surface area contributed by atoms with Gasteiger partial charge in [0.05, 0.1) is 24.3 Å². The van der Waals surface area contributed by atoms with Gasteiger partial charge in [-0.3, -0.25) is 14.3 Å². The number of aromatic nitrogens is 2. The molecule has 1 spiro atoms. The molecular formula is C19H21ClN4O3. The van der Waals surface area contributed by atoms with Crippen LogP contribution in [0.2, 0.25) is 5.02 Å². The number of benzene rings is 1. The van der Waals surface area contributed by atoms with E-state index in [1.54, 1.807) is 16.8 Å².